The Bertz CT molecular complexity index is 1250. The minimum Gasteiger partial charge on any atom is -1.00 e. The third kappa shape index (κ3) is 17.5. The van der Waals surface area contributed by atoms with E-state index in [-0.39, 0.29) is 74.7 Å². The molecule has 0 amide bonds. The van der Waals surface area contributed by atoms with E-state index in [2.05, 4.69) is 24.5 Å². The summed E-state index contributed by atoms with van der Waals surface area (Å²) in [4.78, 5) is 32.6. The van der Waals surface area contributed by atoms with Crippen LogP contribution >= 0.6 is 45.2 Å². The number of ether oxygens (including phenoxy) is 4. The molecular formula is C30H40I3O10-. The first kappa shape index (κ1) is 47.5. The van der Waals surface area contributed by atoms with Crippen LogP contribution in [0.25, 0.3) is 0 Å². The number of hydrogen-bond donors (Lipinski definition) is 3. The molecule has 0 aliphatic heterocycles. The van der Waals surface area contributed by atoms with Gasteiger partial charge in [-0.05, 0) is 101 Å². The van der Waals surface area contributed by atoms with Crippen LogP contribution in [0.4, 0.5) is 0 Å². The topological polar surface area (TPSA) is 149 Å². The number of aliphatic hydroxyl groups is 1. The molecule has 0 atom stereocenters. The fourth-order valence-electron chi connectivity index (χ4n) is 2.27. The predicted molar refractivity (Wildman–Crippen MR) is 179 cm³/mol. The molecule has 0 spiro atoms. The Balaban J connectivity index is -0.000000264. The fraction of sp³-hybridized carbons (Fsp3) is 0.300. The molecule has 3 N–H and O–H groups in total. The molecule has 2 aromatic carbocycles. The number of phenols is 2. The van der Waals surface area contributed by atoms with Crippen molar-refractivity contribution in [1.82, 2.24) is 0 Å². The van der Waals surface area contributed by atoms with Crippen LogP contribution < -0.4 is 33.5 Å². The predicted octanol–water partition coefficient (Wildman–Crippen LogP) is 3.61. The highest BCUT2D eigenvalue weighted by molar-refractivity contribution is 14.1. The van der Waals surface area contributed by atoms with Crippen molar-refractivity contribution in [2.45, 2.75) is 48.8 Å². The van der Waals surface area contributed by atoms with Gasteiger partial charge < -0.3 is 58.2 Å². The van der Waals surface area contributed by atoms with Crippen LogP contribution in [0.2, 0.25) is 0 Å². The highest BCUT2D eigenvalue weighted by atomic mass is 127. The third-order valence-electron chi connectivity index (χ3n) is 4.40. The number of benzene rings is 2. The summed E-state index contributed by atoms with van der Waals surface area (Å²) in [6.07, 6.45) is 0. The quantitative estimate of drug-likeness (QED) is 0.155. The second-order valence-corrected chi connectivity index (χ2v) is 10.3. The van der Waals surface area contributed by atoms with Crippen LogP contribution in [0, 0.1) is 7.14 Å². The molecule has 2 rings (SSSR count). The van der Waals surface area contributed by atoms with Crippen LogP contribution in [0.5, 0.6) is 23.0 Å². The molecule has 13 heteroatoms. The zero-order valence-corrected chi connectivity index (χ0v) is 29.7. The molecule has 0 saturated heterocycles. The SMILES string of the molecule is C.C.C=C(C)C(=O)OC(=O)C(=C)C.C=C(C)C(=O)OCc1cc(I)c(O)c(OC)c1.COc1cc(CO)cc(I)c1O.[I-]. The molecule has 0 radical (unpaired) electrons. The van der Waals surface area contributed by atoms with Gasteiger partial charge in [0.2, 0.25) is 0 Å². The second-order valence-electron chi connectivity index (χ2n) is 8.01. The Kier molecular flexibility index (Phi) is 26.5. The van der Waals surface area contributed by atoms with Gasteiger partial charge in [-0.3, -0.25) is 0 Å². The van der Waals surface area contributed by atoms with E-state index in [1.54, 1.807) is 31.2 Å². The number of phenolic OH excluding ortho intramolecular Hbond substituents is 2. The van der Waals surface area contributed by atoms with Crippen molar-refractivity contribution >= 4 is 63.1 Å². The number of halogens is 3. The number of esters is 3. The lowest BCUT2D eigenvalue weighted by molar-refractivity contribution is -0.154. The van der Waals surface area contributed by atoms with Gasteiger partial charge in [0.25, 0.3) is 0 Å². The fourth-order valence-corrected chi connectivity index (χ4v) is 3.60. The molecule has 0 unspecified atom stereocenters. The highest BCUT2D eigenvalue weighted by Crippen LogP contribution is 2.33. The third-order valence-corrected chi connectivity index (χ3v) is 6.04. The van der Waals surface area contributed by atoms with Crippen molar-refractivity contribution in [2.75, 3.05) is 14.2 Å². The second kappa shape index (κ2) is 24.0. The summed E-state index contributed by atoms with van der Waals surface area (Å²) in [7, 11) is 2.95. The van der Waals surface area contributed by atoms with Gasteiger partial charge in [-0.25, -0.2) is 14.4 Å². The molecule has 0 saturated carbocycles. The zero-order chi connectivity index (χ0) is 31.2. The van der Waals surface area contributed by atoms with Gasteiger partial charge in [0.05, 0.1) is 28.0 Å². The summed E-state index contributed by atoms with van der Waals surface area (Å²) in [5, 5.41) is 27.9. The normalized spacial score (nSPS) is 8.84. The molecule has 43 heavy (non-hydrogen) atoms. The summed E-state index contributed by atoms with van der Waals surface area (Å²) in [5.74, 6) is -0.898. The minimum atomic E-state index is -0.710. The summed E-state index contributed by atoms with van der Waals surface area (Å²) in [5.41, 5.74) is 2.22. The lowest BCUT2D eigenvalue weighted by atomic mass is 10.2. The maximum absolute atomic E-state index is 11.2. The molecule has 242 valence electrons. The zero-order valence-electron chi connectivity index (χ0n) is 23.2. The van der Waals surface area contributed by atoms with E-state index in [4.69, 9.17) is 19.3 Å². The van der Waals surface area contributed by atoms with Gasteiger partial charge in [-0.1, -0.05) is 34.6 Å². The van der Waals surface area contributed by atoms with Gasteiger partial charge in [-0.15, -0.1) is 0 Å². The van der Waals surface area contributed by atoms with E-state index >= 15 is 0 Å². The number of carbonyl (C=O) groups excluding carboxylic acids is 3. The Hall–Kier alpha value is -2.38. The van der Waals surface area contributed by atoms with E-state index in [1.165, 1.54) is 28.1 Å². The average Bonchev–Trinajstić information content (AvgIpc) is 2.90. The molecule has 0 bridgehead atoms. The van der Waals surface area contributed by atoms with Gasteiger partial charge in [-0.2, -0.15) is 0 Å². The van der Waals surface area contributed by atoms with Crippen molar-refractivity contribution in [1.29, 1.82) is 0 Å². The molecule has 0 aromatic heterocycles. The smallest absolute Gasteiger partial charge is 0.340 e. The molecular weight excluding hydrogens is 901 g/mol. The molecule has 0 aliphatic carbocycles. The monoisotopic (exact) mass is 941 g/mol. The maximum Gasteiger partial charge on any atom is 0.340 e. The summed E-state index contributed by atoms with van der Waals surface area (Å²) >= 11 is 3.96. The Labute approximate surface area is 298 Å². The van der Waals surface area contributed by atoms with E-state index in [1.807, 2.05) is 45.2 Å². The number of carbonyl (C=O) groups is 3. The first-order valence-corrected chi connectivity index (χ1v) is 13.4. The Morgan fingerprint density at radius 1 is 0.721 bits per heavy atom. The largest absolute Gasteiger partial charge is 1.00 e. The Morgan fingerprint density at radius 2 is 1.07 bits per heavy atom. The average molecular weight is 941 g/mol. The lowest BCUT2D eigenvalue weighted by Crippen LogP contribution is -3.00. The standard InChI is InChI=1S/C12H13IO4.C8H9IO3.C8H10O3.2CH4.HI/c1-7(2)12(15)17-6-8-4-9(13)11(14)10(5-8)16-3;1-12-7-3-5(4-10)2-6(9)8(7)11;1-5(2)7(9)11-8(10)6(3)4;;;/h4-5,14H,1,6H2,2-3H3;2-3,10-11H,4H2,1H3;1,3H2,2,4H3;2*1H4;1H/p-1. The van der Waals surface area contributed by atoms with Gasteiger partial charge in [0.1, 0.15) is 6.61 Å². The molecule has 10 nitrogen and oxygen atoms in total. The number of hydrogen-bond acceptors (Lipinski definition) is 10. The molecule has 0 aliphatic rings. The molecule has 0 heterocycles. The number of aromatic hydroxyl groups is 2. The van der Waals surface area contributed by atoms with Gasteiger partial charge in [0, 0.05) is 16.7 Å². The van der Waals surface area contributed by atoms with Crippen molar-refractivity contribution in [3.05, 3.63) is 79.0 Å². The van der Waals surface area contributed by atoms with Crippen molar-refractivity contribution in [3.8, 4) is 23.0 Å². The van der Waals surface area contributed by atoms with Crippen LogP contribution in [-0.2, 0) is 37.1 Å². The summed E-state index contributed by atoms with van der Waals surface area (Å²) in [6, 6.07) is 6.67. The maximum atomic E-state index is 11.2. The number of rotatable bonds is 8. The minimum absolute atomic E-state index is 0. The number of methoxy groups -OCH3 is 2. The van der Waals surface area contributed by atoms with E-state index < -0.39 is 17.9 Å². The molecule has 2 aromatic rings. The summed E-state index contributed by atoms with van der Waals surface area (Å²) < 4.78 is 20.5. The number of aliphatic hydroxyl groups excluding tert-OH is 1. The highest BCUT2D eigenvalue weighted by Gasteiger charge is 2.11. The van der Waals surface area contributed by atoms with E-state index in [9.17, 15) is 24.6 Å². The first-order valence-electron chi connectivity index (χ1n) is 11.2. The van der Waals surface area contributed by atoms with Crippen LogP contribution in [0.15, 0.2) is 60.7 Å². The van der Waals surface area contributed by atoms with Crippen LogP contribution in [0.1, 0.15) is 46.8 Å². The van der Waals surface area contributed by atoms with Crippen molar-refractivity contribution < 1.29 is 72.6 Å². The lowest BCUT2D eigenvalue weighted by Gasteiger charge is -2.09. The van der Waals surface area contributed by atoms with Crippen LogP contribution in [-0.4, -0.2) is 47.4 Å². The van der Waals surface area contributed by atoms with E-state index in [0.29, 0.717) is 24.2 Å². The first-order chi connectivity index (χ1) is 18.6. The Morgan fingerprint density at radius 3 is 1.40 bits per heavy atom. The van der Waals surface area contributed by atoms with Crippen molar-refractivity contribution in [3.63, 3.8) is 0 Å². The summed E-state index contributed by atoms with van der Waals surface area (Å²) in [6.45, 7) is 14.7. The van der Waals surface area contributed by atoms with Crippen molar-refractivity contribution in [2.24, 2.45) is 0 Å². The molecule has 0 fully saturated rings. The van der Waals surface area contributed by atoms with Gasteiger partial charge >= 0.3 is 17.9 Å². The van der Waals surface area contributed by atoms with Gasteiger partial charge in [0.15, 0.2) is 23.0 Å². The van der Waals surface area contributed by atoms with Crippen LogP contribution in [0.3, 0.4) is 0 Å². The van der Waals surface area contributed by atoms with E-state index in [0.717, 1.165) is 11.1 Å².